The maximum absolute atomic E-state index is 13.6. The van der Waals surface area contributed by atoms with E-state index in [4.69, 9.17) is 9.72 Å². The highest BCUT2D eigenvalue weighted by atomic mass is 16.5. The fourth-order valence-electron chi connectivity index (χ4n) is 3.83. The van der Waals surface area contributed by atoms with Crippen molar-refractivity contribution >= 4 is 16.9 Å². The molecule has 0 atom stereocenters. The molecule has 0 bridgehead atoms. The minimum absolute atomic E-state index is 0.146. The van der Waals surface area contributed by atoms with Crippen molar-refractivity contribution in [1.82, 2.24) is 9.55 Å². The number of fused-ring (bicyclic) bond motifs is 1. The molecule has 5 heteroatoms. The summed E-state index contributed by atoms with van der Waals surface area (Å²) in [6.07, 6.45) is 0. The predicted molar refractivity (Wildman–Crippen MR) is 126 cm³/mol. The quantitative estimate of drug-likeness (QED) is 0.400. The number of nitrogens with zero attached hydrogens (tertiary/aromatic N) is 2. The Kier molecular flexibility index (Phi) is 6.17. The maximum Gasteiger partial charge on any atom is 0.338 e. The Morgan fingerprint density at radius 3 is 2.09 bits per heavy atom. The molecule has 5 nitrogen and oxygen atoms in total. The molecule has 0 fully saturated rings. The highest BCUT2D eigenvalue weighted by Gasteiger charge is 2.22. The first kappa shape index (κ1) is 21.5. The monoisotopic (exact) mass is 426 g/mol. The van der Waals surface area contributed by atoms with E-state index in [2.05, 4.69) is 0 Å². The van der Waals surface area contributed by atoms with Crippen molar-refractivity contribution in [1.29, 1.82) is 0 Å². The summed E-state index contributed by atoms with van der Waals surface area (Å²) < 4.78 is 7.05. The van der Waals surface area contributed by atoms with Gasteiger partial charge in [0.1, 0.15) is 5.82 Å². The van der Waals surface area contributed by atoms with E-state index >= 15 is 0 Å². The number of ether oxygens (including phenoxy) is 1. The second kappa shape index (κ2) is 9.18. The maximum atomic E-state index is 13.6. The number of hydrogen-bond donors (Lipinski definition) is 0. The number of aromatic nitrogens is 2. The standard InChI is InChI=1S/C27H26N2O3/c1-18(2)17-32-27(31)22-14-15-23-24(16-22)28-19(3)29(26(23)30)25(20-10-6-4-7-11-20)21-12-8-5-9-13-21/h4-16,18,25H,17H2,1-3H3. The normalized spacial score (nSPS) is 11.3. The van der Waals surface area contributed by atoms with Gasteiger partial charge in [0.15, 0.2) is 0 Å². The van der Waals surface area contributed by atoms with Gasteiger partial charge in [-0.3, -0.25) is 9.36 Å². The molecule has 0 unspecified atom stereocenters. The van der Waals surface area contributed by atoms with Crippen molar-refractivity contribution in [3.63, 3.8) is 0 Å². The Morgan fingerprint density at radius 1 is 0.938 bits per heavy atom. The summed E-state index contributed by atoms with van der Waals surface area (Å²) in [6.45, 7) is 6.14. The number of rotatable bonds is 6. The molecule has 0 aliphatic carbocycles. The molecule has 0 aliphatic heterocycles. The van der Waals surface area contributed by atoms with Crippen LogP contribution in [0.1, 0.15) is 47.2 Å². The van der Waals surface area contributed by atoms with E-state index in [-0.39, 0.29) is 17.5 Å². The third-order valence-corrected chi connectivity index (χ3v) is 5.35. The summed E-state index contributed by atoms with van der Waals surface area (Å²) in [7, 11) is 0. The summed E-state index contributed by atoms with van der Waals surface area (Å²) in [4.78, 5) is 30.7. The summed E-state index contributed by atoms with van der Waals surface area (Å²) in [5, 5.41) is 0.466. The van der Waals surface area contributed by atoms with Crippen molar-refractivity contribution in [2.75, 3.05) is 6.61 Å². The van der Waals surface area contributed by atoms with E-state index in [1.165, 1.54) is 0 Å². The molecule has 4 rings (SSSR count). The highest BCUT2D eigenvalue weighted by molar-refractivity contribution is 5.94. The molecule has 0 amide bonds. The molecule has 4 aromatic rings. The predicted octanol–water partition coefficient (Wildman–Crippen LogP) is 5.16. The highest BCUT2D eigenvalue weighted by Crippen LogP contribution is 2.27. The smallest absolute Gasteiger partial charge is 0.338 e. The molecule has 0 saturated heterocycles. The molecule has 3 aromatic carbocycles. The number of aryl methyl sites for hydroxylation is 1. The lowest BCUT2D eigenvalue weighted by Crippen LogP contribution is -2.29. The van der Waals surface area contributed by atoms with Crippen LogP contribution in [0.4, 0.5) is 0 Å². The molecule has 162 valence electrons. The Morgan fingerprint density at radius 2 is 1.53 bits per heavy atom. The van der Waals surface area contributed by atoms with Crippen LogP contribution in [0.15, 0.2) is 83.7 Å². The summed E-state index contributed by atoms with van der Waals surface area (Å²) in [5.74, 6) is 0.420. The molecule has 32 heavy (non-hydrogen) atoms. The number of hydrogen-bond acceptors (Lipinski definition) is 4. The topological polar surface area (TPSA) is 61.2 Å². The van der Waals surface area contributed by atoms with Crippen LogP contribution in [0.5, 0.6) is 0 Å². The molecule has 1 aromatic heterocycles. The van der Waals surface area contributed by atoms with E-state index in [1.807, 2.05) is 81.4 Å². The van der Waals surface area contributed by atoms with Crippen LogP contribution < -0.4 is 5.56 Å². The van der Waals surface area contributed by atoms with E-state index < -0.39 is 5.97 Å². The van der Waals surface area contributed by atoms with Gasteiger partial charge in [-0.2, -0.15) is 0 Å². The van der Waals surface area contributed by atoms with Gasteiger partial charge >= 0.3 is 5.97 Å². The number of esters is 1. The van der Waals surface area contributed by atoms with Crippen LogP contribution in [0, 0.1) is 12.8 Å². The first-order chi connectivity index (χ1) is 15.5. The van der Waals surface area contributed by atoms with Gasteiger partial charge in [0, 0.05) is 0 Å². The third kappa shape index (κ3) is 4.33. The van der Waals surface area contributed by atoms with Crippen LogP contribution >= 0.6 is 0 Å². The average molecular weight is 427 g/mol. The van der Waals surface area contributed by atoms with Crippen LogP contribution in [0.2, 0.25) is 0 Å². The fraction of sp³-hybridized carbons (Fsp3) is 0.222. The van der Waals surface area contributed by atoms with E-state index in [0.29, 0.717) is 28.9 Å². The Hall–Kier alpha value is -3.73. The summed E-state index contributed by atoms with van der Waals surface area (Å²) >= 11 is 0. The minimum Gasteiger partial charge on any atom is -0.462 e. The largest absolute Gasteiger partial charge is 0.462 e. The van der Waals surface area contributed by atoms with Gasteiger partial charge in [0.25, 0.3) is 5.56 Å². The lowest BCUT2D eigenvalue weighted by atomic mass is 9.98. The van der Waals surface area contributed by atoms with Gasteiger partial charge in [-0.15, -0.1) is 0 Å². The van der Waals surface area contributed by atoms with Gasteiger partial charge in [-0.1, -0.05) is 74.5 Å². The molecular formula is C27H26N2O3. The van der Waals surface area contributed by atoms with Crippen molar-refractivity contribution < 1.29 is 9.53 Å². The second-order valence-electron chi connectivity index (χ2n) is 8.28. The minimum atomic E-state index is -0.407. The summed E-state index contributed by atoms with van der Waals surface area (Å²) in [5.41, 5.74) is 2.73. The zero-order valence-corrected chi connectivity index (χ0v) is 18.5. The fourth-order valence-corrected chi connectivity index (χ4v) is 3.83. The van der Waals surface area contributed by atoms with Crippen molar-refractivity contribution in [3.8, 4) is 0 Å². The Labute approximate surface area is 187 Å². The van der Waals surface area contributed by atoms with E-state index in [1.54, 1.807) is 22.8 Å². The van der Waals surface area contributed by atoms with E-state index in [9.17, 15) is 9.59 Å². The molecule has 0 saturated carbocycles. The van der Waals surface area contributed by atoms with Gasteiger partial charge in [-0.05, 0) is 42.2 Å². The van der Waals surface area contributed by atoms with Gasteiger partial charge in [0.05, 0.1) is 29.1 Å². The lowest BCUT2D eigenvalue weighted by Gasteiger charge is -2.23. The van der Waals surface area contributed by atoms with Crippen LogP contribution in [-0.2, 0) is 4.74 Å². The molecule has 0 radical (unpaired) electrons. The van der Waals surface area contributed by atoms with Crippen LogP contribution in [0.3, 0.4) is 0 Å². The lowest BCUT2D eigenvalue weighted by molar-refractivity contribution is 0.0459. The van der Waals surface area contributed by atoms with Gasteiger partial charge in [-0.25, -0.2) is 9.78 Å². The molecule has 0 N–H and O–H groups in total. The van der Waals surface area contributed by atoms with Crippen molar-refractivity contribution in [2.24, 2.45) is 5.92 Å². The zero-order chi connectivity index (χ0) is 22.7. The summed E-state index contributed by atoms with van der Waals surface area (Å²) in [6, 6.07) is 24.5. The Bertz CT molecular complexity index is 1260. The molecule has 0 aliphatic rings. The number of carbonyl (C=O) groups is 1. The molecular weight excluding hydrogens is 400 g/mol. The Balaban J connectivity index is 1.84. The average Bonchev–Trinajstić information content (AvgIpc) is 2.81. The van der Waals surface area contributed by atoms with Crippen LogP contribution in [0.25, 0.3) is 10.9 Å². The van der Waals surface area contributed by atoms with Crippen molar-refractivity contribution in [3.05, 3.63) is 112 Å². The van der Waals surface area contributed by atoms with Gasteiger partial charge < -0.3 is 4.74 Å². The zero-order valence-electron chi connectivity index (χ0n) is 18.5. The SMILES string of the molecule is Cc1nc2cc(C(=O)OCC(C)C)ccc2c(=O)n1C(c1ccccc1)c1ccccc1. The second-order valence-corrected chi connectivity index (χ2v) is 8.28. The van der Waals surface area contributed by atoms with Crippen LogP contribution in [-0.4, -0.2) is 22.1 Å². The first-order valence-corrected chi connectivity index (χ1v) is 10.8. The third-order valence-electron chi connectivity index (χ3n) is 5.35. The van der Waals surface area contributed by atoms with Crippen molar-refractivity contribution in [2.45, 2.75) is 26.8 Å². The number of benzene rings is 3. The van der Waals surface area contributed by atoms with E-state index in [0.717, 1.165) is 11.1 Å². The van der Waals surface area contributed by atoms with Gasteiger partial charge in [0.2, 0.25) is 0 Å². The molecule has 0 spiro atoms. The first-order valence-electron chi connectivity index (χ1n) is 10.8. The molecule has 1 heterocycles. The number of carbonyl (C=O) groups excluding carboxylic acids is 1.